The first-order chi connectivity index (χ1) is 7.86. The number of fused-ring (bicyclic) bond motifs is 1. The standard InChI is InChI=1S/C10H12N6/c1-2-12-9-8-6-15-16(5-3-4-11)10(8)14-7-13-9/h6-7H,2-3,5H2,1H3,(H,12,13,14). The van der Waals surface area contributed by atoms with Crippen molar-refractivity contribution in [1.82, 2.24) is 19.7 Å². The summed E-state index contributed by atoms with van der Waals surface area (Å²) in [6, 6.07) is 2.09. The Bertz CT molecular complexity index is 524. The summed E-state index contributed by atoms with van der Waals surface area (Å²) < 4.78 is 1.72. The van der Waals surface area contributed by atoms with Crippen molar-refractivity contribution in [1.29, 1.82) is 5.26 Å². The van der Waals surface area contributed by atoms with Gasteiger partial charge >= 0.3 is 0 Å². The van der Waals surface area contributed by atoms with Gasteiger partial charge in [-0.2, -0.15) is 10.4 Å². The third-order valence-corrected chi connectivity index (χ3v) is 2.21. The van der Waals surface area contributed by atoms with Crippen LogP contribution in [0.5, 0.6) is 0 Å². The molecule has 16 heavy (non-hydrogen) atoms. The molecule has 1 N–H and O–H groups in total. The van der Waals surface area contributed by atoms with Crippen molar-refractivity contribution in [2.24, 2.45) is 0 Å². The molecule has 0 aromatic carbocycles. The lowest BCUT2D eigenvalue weighted by atomic mass is 10.4. The largest absolute Gasteiger partial charge is 0.370 e. The molecular formula is C10H12N6. The molecule has 0 bridgehead atoms. The maximum atomic E-state index is 8.54. The smallest absolute Gasteiger partial charge is 0.163 e. The van der Waals surface area contributed by atoms with Gasteiger partial charge in [0, 0.05) is 6.54 Å². The number of aryl methyl sites for hydroxylation is 1. The van der Waals surface area contributed by atoms with E-state index in [1.54, 1.807) is 10.9 Å². The van der Waals surface area contributed by atoms with Gasteiger partial charge in [0.1, 0.15) is 12.1 Å². The Labute approximate surface area is 92.9 Å². The minimum absolute atomic E-state index is 0.428. The summed E-state index contributed by atoms with van der Waals surface area (Å²) in [7, 11) is 0. The number of hydrogen-bond acceptors (Lipinski definition) is 5. The Hall–Kier alpha value is -2.16. The highest BCUT2D eigenvalue weighted by Gasteiger charge is 2.08. The van der Waals surface area contributed by atoms with Crippen LogP contribution < -0.4 is 5.32 Å². The van der Waals surface area contributed by atoms with Crippen molar-refractivity contribution in [3.05, 3.63) is 12.5 Å². The Kier molecular flexibility index (Phi) is 2.96. The molecule has 0 spiro atoms. The lowest BCUT2D eigenvalue weighted by Crippen LogP contribution is -2.03. The van der Waals surface area contributed by atoms with Crippen molar-refractivity contribution in [3.63, 3.8) is 0 Å². The van der Waals surface area contributed by atoms with Gasteiger partial charge in [0.25, 0.3) is 0 Å². The molecule has 0 fully saturated rings. The van der Waals surface area contributed by atoms with Gasteiger partial charge in [-0.15, -0.1) is 0 Å². The van der Waals surface area contributed by atoms with Crippen LogP contribution in [0.25, 0.3) is 11.0 Å². The second kappa shape index (κ2) is 4.57. The van der Waals surface area contributed by atoms with Crippen LogP contribution in [0.4, 0.5) is 5.82 Å². The molecule has 0 aliphatic carbocycles. The quantitative estimate of drug-likeness (QED) is 0.829. The SMILES string of the molecule is CCNc1ncnc2c1cnn2CCC#N. The van der Waals surface area contributed by atoms with E-state index >= 15 is 0 Å². The van der Waals surface area contributed by atoms with E-state index in [1.165, 1.54) is 6.33 Å². The van der Waals surface area contributed by atoms with Gasteiger partial charge < -0.3 is 5.32 Å². The fourth-order valence-electron chi connectivity index (χ4n) is 1.52. The molecule has 2 aromatic heterocycles. The molecule has 2 aromatic rings. The van der Waals surface area contributed by atoms with Crippen molar-refractivity contribution in [2.45, 2.75) is 19.9 Å². The second-order valence-electron chi connectivity index (χ2n) is 3.27. The molecule has 0 saturated carbocycles. The monoisotopic (exact) mass is 216 g/mol. The van der Waals surface area contributed by atoms with E-state index in [-0.39, 0.29) is 0 Å². The first kappa shape index (κ1) is 10.4. The number of nitriles is 1. The van der Waals surface area contributed by atoms with Gasteiger partial charge in [-0.05, 0) is 6.92 Å². The van der Waals surface area contributed by atoms with E-state index in [4.69, 9.17) is 5.26 Å². The van der Waals surface area contributed by atoms with Gasteiger partial charge in [0.2, 0.25) is 0 Å². The zero-order chi connectivity index (χ0) is 11.4. The molecule has 6 nitrogen and oxygen atoms in total. The van der Waals surface area contributed by atoms with Crippen LogP contribution in [0, 0.1) is 11.3 Å². The number of hydrogen-bond donors (Lipinski definition) is 1. The lowest BCUT2D eigenvalue weighted by molar-refractivity contribution is 0.643. The Morgan fingerprint density at radius 2 is 2.38 bits per heavy atom. The van der Waals surface area contributed by atoms with E-state index in [1.807, 2.05) is 6.92 Å². The van der Waals surface area contributed by atoms with Gasteiger partial charge in [-0.25, -0.2) is 14.6 Å². The predicted molar refractivity (Wildman–Crippen MR) is 59.7 cm³/mol. The van der Waals surface area contributed by atoms with Crippen LogP contribution >= 0.6 is 0 Å². The van der Waals surface area contributed by atoms with E-state index in [9.17, 15) is 0 Å². The van der Waals surface area contributed by atoms with Crippen LogP contribution in [0.1, 0.15) is 13.3 Å². The third-order valence-electron chi connectivity index (χ3n) is 2.21. The molecule has 0 aliphatic heterocycles. The Morgan fingerprint density at radius 1 is 1.50 bits per heavy atom. The van der Waals surface area contributed by atoms with E-state index in [2.05, 4.69) is 26.5 Å². The maximum Gasteiger partial charge on any atom is 0.163 e. The fraction of sp³-hybridized carbons (Fsp3) is 0.400. The summed E-state index contributed by atoms with van der Waals surface area (Å²) in [4.78, 5) is 8.33. The summed E-state index contributed by atoms with van der Waals surface area (Å²) in [5, 5.41) is 16.8. The van der Waals surface area contributed by atoms with Crippen LogP contribution in [0.2, 0.25) is 0 Å². The van der Waals surface area contributed by atoms with Crippen LogP contribution in [-0.4, -0.2) is 26.3 Å². The summed E-state index contributed by atoms with van der Waals surface area (Å²) in [6.45, 7) is 3.37. The van der Waals surface area contributed by atoms with Crippen molar-refractivity contribution in [2.75, 3.05) is 11.9 Å². The molecule has 0 amide bonds. The van der Waals surface area contributed by atoms with Crippen LogP contribution in [-0.2, 0) is 6.54 Å². The minimum Gasteiger partial charge on any atom is -0.370 e. The third kappa shape index (κ3) is 1.80. The number of rotatable bonds is 4. The molecule has 0 unspecified atom stereocenters. The van der Waals surface area contributed by atoms with Crippen LogP contribution in [0.15, 0.2) is 12.5 Å². The Balaban J connectivity index is 2.41. The Morgan fingerprint density at radius 3 is 3.12 bits per heavy atom. The average molecular weight is 216 g/mol. The first-order valence-electron chi connectivity index (χ1n) is 5.14. The molecule has 2 heterocycles. The molecule has 6 heteroatoms. The highest BCUT2D eigenvalue weighted by atomic mass is 15.3. The highest BCUT2D eigenvalue weighted by molar-refractivity contribution is 5.85. The van der Waals surface area contributed by atoms with Gasteiger partial charge in [0.15, 0.2) is 5.65 Å². The summed E-state index contributed by atoms with van der Waals surface area (Å²) >= 11 is 0. The number of nitrogens with zero attached hydrogens (tertiary/aromatic N) is 5. The normalized spacial score (nSPS) is 10.2. The van der Waals surface area contributed by atoms with Crippen LogP contribution in [0.3, 0.4) is 0 Å². The zero-order valence-electron chi connectivity index (χ0n) is 9.01. The second-order valence-corrected chi connectivity index (χ2v) is 3.27. The van der Waals surface area contributed by atoms with Crippen molar-refractivity contribution < 1.29 is 0 Å². The fourth-order valence-corrected chi connectivity index (χ4v) is 1.52. The van der Waals surface area contributed by atoms with E-state index < -0.39 is 0 Å². The predicted octanol–water partition coefficient (Wildman–Crippen LogP) is 1.17. The first-order valence-corrected chi connectivity index (χ1v) is 5.14. The zero-order valence-corrected chi connectivity index (χ0v) is 9.01. The van der Waals surface area contributed by atoms with Crippen molar-refractivity contribution >= 4 is 16.9 Å². The van der Waals surface area contributed by atoms with E-state index in [0.29, 0.717) is 13.0 Å². The molecule has 0 radical (unpaired) electrons. The number of aromatic nitrogens is 4. The molecule has 82 valence electrons. The average Bonchev–Trinajstić information content (AvgIpc) is 2.71. The summed E-state index contributed by atoms with van der Waals surface area (Å²) in [5.41, 5.74) is 0.765. The topological polar surface area (TPSA) is 79.4 Å². The van der Waals surface area contributed by atoms with Gasteiger partial charge in [-0.3, -0.25) is 0 Å². The molecule has 0 aliphatic rings. The highest BCUT2D eigenvalue weighted by Crippen LogP contribution is 2.18. The summed E-state index contributed by atoms with van der Waals surface area (Å²) in [6.07, 6.45) is 3.66. The van der Waals surface area contributed by atoms with E-state index in [0.717, 1.165) is 23.4 Å². The van der Waals surface area contributed by atoms with Crippen molar-refractivity contribution in [3.8, 4) is 6.07 Å². The molecular weight excluding hydrogens is 204 g/mol. The molecule has 2 rings (SSSR count). The maximum absolute atomic E-state index is 8.54. The minimum atomic E-state index is 0.428. The van der Waals surface area contributed by atoms with Gasteiger partial charge in [-0.1, -0.05) is 0 Å². The number of nitrogens with one attached hydrogen (secondary N) is 1. The lowest BCUT2D eigenvalue weighted by Gasteiger charge is -2.03. The number of anilines is 1. The molecule has 0 saturated heterocycles. The molecule has 0 atom stereocenters. The summed E-state index contributed by atoms with van der Waals surface area (Å²) in [5.74, 6) is 0.788. The van der Waals surface area contributed by atoms with Gasteiger partial charge in [0.05, 0.1) is 30.6 Å².